The van der Waals surface area contributed by atoms with E-state index in [0.29, 0.717) is 18.2 Å². The third-order valence-electron chi connectivity index (χ3n) is 5.87. The van der Waals surface area contributed by atoms with Crippen LogP contribution in [0.1, 0.15) is 29.9 Å². The van der Waals surface area contributed by atoms with Gasteiger partial charge >= 0.3 is 0 Å². The van der Waals surface area contributed by atoms with Crippen LogP contribution in [0.25, 0.3) is 0 Å². The molecule has 2 heterocycles. The number of allylic oxidation sites excluding steroid dienone is 4. The molecular weight excluding hydrogens is 364 g/mol. The molecule has 2 aliphatic carbocycles. The molecule has 1 amide bonds. The van der Waals surface area contributed by atoms with Gasteiger partial charge in [0.1, 0.15) is 11.6 Å². The van der Waals surface area contributed by atoms with Gasteiger partial charge in [0, 0.05) is 17.5 Å². The Bertz CT molecular complexity index is 967. The van der Waals surface area contributed by atoms with Gasteiger partial charge in [-0.05, 0) is 51.2 Å². The van der Waals surface area contributed by atoms with Gasteiger partial charge in [0.05, 0.1) is 18.5 Å². The van der Waals surface area contributed by atoms with E-state index >= 15 is 0 Å². The maximum atomic E-state index is 13.0. The van der Waals surface area contributed by atoms with Crippen LogP contribution in [0.5, 0.6) is 5.75 Å². The van der Waals surface area contributed by atoms with Crippen molar-refractivity contribution in [3.8, 4) is 5.75 Å². The number of aryl methyl sites for hydroxylation is 3. The van der Waals surface area contributed by atoms with Gasteiger partial charge in [-0.2, -0.15) is 0 Å². The minimum atomic E-state index is -0.229. The zero-order valence-corrected chi connectivity index (χ0v) is 17.1. The van der Waals surface area contributed by atoms with Gasteiger partial charge in [0.15, 0.2) is 5.75 Å². The summed E-state index contributed by atoms with van der Waals surface area (Å²) in [5.41, 5.74) is 1.65. The van der Waals surface area contributed by atoms with E-state index in [-0.39, 0.29) is 23.2 Å². The molecule has 0 saturated heterocycles. The Labute approximate surface area is 171 Å². The van der Waals surface area contributed by atoms with Gasteiger partial charge in [0.2, 0.25) is 5.91 Å². The second-order valence-corrected chi connectivity index (χ2v) is 8.01. The number of amides is 1. The largest absolute Gasteiger partial charge is 0.489 e. The number of rotatable bonds is 6. The van der Waals surface area contributed by atoms with Gasteiger partial charge in [0.25, 0.3) is 0 Å². The highest BCUT2D eigenvalue weighted by Crippen LogP contribution is 2.60. The minimum Gasteiger partial charge on any atom is -0.489 e. The molecule has 6 nitrogen and oxygen atoms in total. The molecule has 150 valence electrons. The van der Waals surface area contributed by atoms with Crippen molar-refractivity contribution in [3.63, 3.8) is 0 Å². The predicted molar refractivity (Wildman–Crippen MR) is 112 cm³/mol. The monoisotopic (exact) mass is 390 g/mol. The van der Waals surface area contributed by atoms with Crippen LogP contribution < -0.4 is 10.1 Å². The lowest BCUT2D eigenvalue weighted by Crippen LogP contribution is -2.29. The lowest BCUT2D eigenvalue weighted by atomic mass is 9.82. The van der Waals surface area contributed by atoms with Crippen molar-refractivity contribution in [1.82, 2.24) is 15.0 Å². The average molecular weight is 390 g/mol. The molecule has 0 spiro atoms. The SMILES string of the molecule is Cc1ccc(NC(=O)[C@@H]2C[C@@]2(COc2cnc(C)nc2C)C2C=CC=CC2)nc1. The standard InChI is InChI=1S/C23H26N4O2/c1-15-9-10-21(25-12-15)27-22(28)19-11-23(19,18-7-5-4-6-8-18)14-29-20-13-24-17(3)26-16(20)2/h4-7,9-10,12-13,18-19H,8,11,14H2,1-3H3,(H,25,27,28)/t18?,19-,23+/m0/s1. The number of hydrogen-bond acceptors (Lipinski definition) is 5. The van der Waals surface area contributed by atoms with Crippen molar-refractivity contribution in [2.45, 2.75) is 33.6 Å². The Hall–Kier alpha value is -3.02. The Morgan fingerprint density at radius 3 is 2.76 bits per heavy atom. The molecule has 1 saturated carbocycles. The molecule has 1 N–H and O–H groups in total. The zero-order valence-electron chi connectivity index (χ0n) is 17.1. The summed E-state index contributed by atoms with van der Waals surface area (Å²) >= 11 is 0. The first-order chi connectivity index (χ1) is 14.0. The number of carbonyl (C=O) groups excluding carboxylic acids is 1. The smallest absolute Gasteiger partial charge is 0.229 e. The highest BCUT2D eigenvalue weighted by molar-refractivity contribution is 5.94. The number of hydrogen-bond donors (Lipinski definition) is 1. The van der Waals surface area contributed by atoms with E-state index < -0.39 is 0 Å². The molecule has 1 unspecified atom stereocenters. The van der Waals surface area contributed by atoms with Crippen LogP contribution in [0.3, 0.4) is 0 Å². The molecule has 0 aromatic carbocycles. The molecule has 2 aliphatic rings. The number of ether oxygens (including phenoxy) is 1. The molecule has 1 fully saturated rings. The van der Waals surface area contributed by atoms with E-state index in [1.807, 2.05) is 32.9 Å². The third kappa shape index (κ3) is 4.06. The maximum absolute atomic E-state index is 13.0. The van der Waals surface area contributed by atoms with Crippen LogP contribution in [0.4, 0.5) is 5.82 Å². The number of anilines is 1. The van der Waals surface area contributed by atoms with Crippen LogP contribution in [0, 0.1) is 38.0 Å². The van der Waals surface area contributed by atoms with Crippen LogP contribution in [0.2, 0.25) is 0 Å². The van der Waals surface area contributed by atoms with Gasteiger partial charge in [-0.1, -0.05) is 30.4 Å². The Morgan fingerprint density at radius 2 is 2.07 bits per heavy atom. The molecule has 6 heteroatoms. The fourth-order valence-corrected chi connectivity index (χ4v) is 4.04. The highest BCUT2D eigenvalue weighted by Gasteiger charge is 2.62. The molecule has 4 rings (SSSR count). The Morgan fingerprint density at radius 1 is 1.21 bits per heavy atom. The van der Waals surface area contributed by atoms with Crippen LogP contribution in [-0.4, -0.2) is 27.5 Å². The minimum absolute atomic E-state index is 0.00443. The first-order valence-electron chi connectivity index (χ1n) is 9.98. The molecule has 3 atom stereocenters. The summed E-state index contributed by atoms with van der Waals surface area (Å²) in [6.07, 6.45) is 13.6. The topological polar surface area (TPSA) is 77.0 Å². The van der Waals surface area contributed by atoms with Crippen LogP contribution in [0.15, 0.2) is 48.8 Å². The maximum Gasteiger partial charge on any atom is 0.229 e. The van der Waals surface area contributed by atoms with Crippen molar-refractivity contribution >= 4 is 11.7 Å². The molecule has 0 bridgehead atoms. The summed E-state index contributed by atoms with van der Waals surface area (Å²) in [6.45, 7) is 6.21. The quantitative estimate of drug-likeness (QED) is 0.808. The lowest BCUT2D eigenvalue weighted by molar-refractivity contribution is -0.118. The summed E-state index contributed by atoms with van der Waals surface area (Å²) < 4.78 is 6.14. The Kier molecular flexibility index (Phi) is 5.18. The third-order valence-corrected chi connectivity index (χ3v) is 5.87. The second kappa shape index (κ2) is 7.78. The molecular formula is C23H26N4O2. The molecule has 0 radical (unpaired) electrons. The summed E-state index contributed by atoms with van der Waals surface area (Å²) in [6, 6.07) is 3.78. The molecule has 2 aromatic rings. The molecule has 0 aliphatic heterocycles. The zero-order chi connectivity index (χ0) is 20.4. The van der Waals surface area contributed by atoms with E-state index in [1.165, 1.54) is 0 Å². The van der Waals surface area contributed by atoms with Gasteiger partial charge in [-0.25, -0.2) is 15.0 Å². The van der Waals surface area contributed by atoms with Crippen molar-refractivity contribution in [2.75, 3.05) is 11.9 Å². The normalized spacial score (nSPS) is 24.9. The van der Waals surface area contributed by atoms with E-state index in [9.17, 15) is 4.79 Å². The Balaban J connectivity index is 1.50. The number of nitrogens with zero attached hydrogens (tertiary/aromatic N) is 3. The van der Waals surface area contributed by atoms with Crippen LogP contribution in [-0.2, 0) is 4.79 Å². The second-order valence-electron chi connectivity index (χ2n) is 8.01. The summed E-state index contributed by atoms with van der Waals surface area (Å²) in [4.78, 5) is 25.9. The number of carbonyl (C=O) groups is 1. The van der Waals surface area contributed by atoms with Crippen molar-refractivity contribution < 1.29 is 9.53 Å². The summed E-state index contributed by atoms with van der Waals surface area (Å²) in [5.74, 6) is 2.14. The number of pyridine rings is 1. The summed E-state index contributed by atoms with van der Waals surface area (Å²) in [5, 5.41) is 2.97. The van der Waals surface area contributed by atoms with Gasteiger partial charge < -0.3 is 10.1 Å². The fraction of sp³-hybridized carbons (Fsp3) is 0.391. The van der Waals surface area contributed by atoms with E-state index in [1.54, 1.807) is 12.4 Å². The predicted octanol–water partition coefficient (Wildman–Crippen LogP) is 3.95. The van der Waals surface area contributed by atoms with E-state index in [4.69, 9.17) is 4.74 Å². The number of aromatic nitrogens is 3. The van der Waals surface area contributed by atoms with Crippen LogP contribution >= 0.6 is 0 Å². The first kappa shape index (κ1) is 19.3. The fourth-order valence-electron chi connectivity index (χ4n) is 4.04. The van der Waals surface area contributed by atoms with Crippen molar-refractivity contribution in [2.24, 2.45) is 17.3 Å². The van der Waals surface area contributed by atoms with Gasteiger partial charge in [-0.15, -0.1) is 0 Å². The first-order valence-corrected chi connectivity index (χ1v) is 9.98. The highest BCUT2D eigenvalue weighted by atomic mass is 16.5. The van der Waals surface area contributed by atoms with Crippen molar-refractivity contribution in [3.05, 3.63) is 65.9 Å². The van der Waals surface area contributed by atoms with Crippen molar-refractivity contribution in [1.29, 1.82) is 0 Å². The van der Waals surface area contributed by atoms with Gasteiger partial charge in [-0.3, -0.25) is 4.79 Å². The lowest BCUT2D eigenvalue weighted by Gasteiger charge is -2.26. The van der Waals surface area contributed by atoms with E-state index in [2.05, 4.69) is 44.6 Å². The average Bonchev–Trinajstić information content (AvgIpc) is 3.46. The number of nitrogens with one attached hydrogen (secondary N) is 1. The molecule has 29 heavy (non-hydrogen) atoms. The summed E-state index contributed by atoms with van der Waals surface area (Å²) in [7, 11) is 0. The molecule has 2 aromatic heterocycles. The van der Waals surface area contributed by atoms with E-state index in [0.717, 1.165) is 29.9 Å².